The standard InChI is InChI=1S/C10H12BrNO2/c1-12-6-9(10(13)14)7-3-2-4-8(11)5-7/h2-5,9,12H,6H2,1H3,(H,13,14). The molecule has 1 rings (SSSR count). The predicted molar refractivity (Wildman–Crippen MR) is 58.4 cm³/mol. The van der Waals surface area contributed by atoms with Crippen LogP contribution >= 0.6 is 15.9 Å². The van der Waals surface area contributed by atoms with Gasteiger partial charge in [-0.05, 0) is 24.7 Å². The van der Waals surface area contributed by atoms with Crippen molar-refractivity contribution in [1.82, 2.24) is 5.32 Å². The van der Waals surface area contributed by atoms with Gasteiger partial charge in [-0.25, -0.2) is 0 Å². The number of rotatable bonds is 4. The molecule has 0 bridgehead atoms. The molecule has 1 aromatic carbocycles. The van der Waals surface area contributed by atoms with E-state index in [4.69, 9.17) is 5.11 Å². The predicted octanol–water partition coefficient (Wildman–Crippen LogP) is 1.84. The minimum Gasteiger partial charge on any atom is -0.481 e. The highest BCUT2D eigenvalue weighted by Gasteiger charge is 2.18. The monoisotopic (exact) mass is 257 g/mol. The van der Waals surface area contributed by atoms with Crippen molar-refractivity contribution in [1.29, 1.82) is 0 Å². The van der Waals surface area contributed by atoms with Crippen LogP contribution in [0.15, 0.2) is 28.7 Å². The van der Waals surface area contributed by atoms with Gasteiger partial charge >= 0.3 is 5.97 Å². The lowest BCUT2D eigenvalue weighted by Crippen LogP contribution is -2.23. The molecule has 2 N–H and O–H groups in total. The summed E-state index contributed by atoms with van der Waals surface area (Å²) in [7, 11) is 1.74. The van der Waals surface area contributed by atoms with Crippen molar-refractivity contribution in [2.24, 2.45) is 0 Å². The van der Waals surface area contributed by atoms with Crippen molar-refractivity contribution < 1.29 is 9.90 Å². The average molecular weight is 258 g/mol. The molecule has 14 heavy (non-hydrogen) atoms. The lowest BCUT2D eigenvalue weighted by atomic mass is 9.99. The van der Waals surface area contributed by atoms with Crippen LogP contribution in [0.3, 0.4) is 0 Å². The number of benzene rings is 1. The van der Waals surface area contributed by atoms with Gasteiger partial charge in [0.05, 0.1) is 5.92 Å². The molecule has 0 fully saturated rings. The number of carboxylic acids is 1. The first-order valence-electron chi connectivity index (χ1n) is 4.28. The molecule has 0 heterocycles. The fourth-order valence-corrected chi connectivity index (χ4v) is 1.69. The second-order valence-corrected chi connectivity index (χ2v) is 3.92. The molecule has 76 valence electrons. The maximum absolute atomic E-state index is 10.9. The molecule has 0 aromatic heterocycles. The molecule has 0 aliphatic carbocycles. The molecule has 0 saturated heterocycles. The van der Waals surface area contributed by atoms with Crippen LogP contribution in [0.5, 0.6) is 0 Å². The largest absolute Gasteiger partial charge is 0.481 e. The fourth-order valence-electron chi connectivity index (χ4n) is 1.28. The highest BCUT2D eigenvalue weighted by Crippen LogP contribution is 2.19. The minimum absolute atomic E-state index is 0.436. The quantitative estimate of drug-likeness (QED) is 0.866. The normalized spacial score (nSPS) is 12.4. The zero-order valence-corrected chi connectivity index (χ0v) is 9.41. The van der Waals surface area contributed by atoms with Crippen molar-refractivity contribution in [3.05, 3.63) is 34.3 Å². The fraction of sp³-hybridized carbons (Fsp3) is 0.300. The second-order valence-electron chi connectivity index (χ2n) is 3.00. The number of carboxylic acid groups (broad SMARTS) is 1. The number of aliphatic carboxylic acids is 1. The number of likely N-dealkylation sites (N-methyl/N-ethyl adjacent to an activating group) is 1. The second kappa shape index (κ2) is 5.12. The van der Waals surface area contributed by atoms with E-state index in [0.29, 0.717) is 6.54 Å². The average Bonchev–Trinajstić information content (AvgIpc) is 2.13. The Kier molecular flexibility index (Phi) is 4.10. The van der Waals surface area contributed by atoms with Crippen molar-refractivity contribution in [2.75, 3.05) is 13.6 Å². The Balaban J connectivity index is 2.93. The summed E-state index contributed by atoms with van der Waals surface area (Å²) in [5.41, 5.74) is 0.807. The molecule has 1 unspecified atom stereocenters. The van der Waals surface area contributed by atoms with Crippen molar-refractivity contribution in [3.8, 4) is 0 Å². The first kappa shape index (κ1) is 11.2. The third-order valence-electron chi connectivity index (χ3n) is 1.96. The van der Waals surface area contributed by atoms with E-state index in [0.717, 1.165) is 10.0 Å². The van der Waals surface area contributed by atoms with E-state index in [1.165, 1.54) is 0 Å². The van der Waals surface area contributed by atoms with Gasteiger partial charge in [0.25, 0.3) is 0 Å². The van der Waals surface area contributed by atoms with Crippen LogP contribution in [0.4, 0.5) is 0 Å². The van der Waals surface area contributed by atoms with Crippen molar-refractivity contribution in [2.45, 2.75) is 5.92 Å². The van der Waals surface area contributed by atoms with E-state index in [9.17, 15) is 4.79 Å². The minimum atomic E-state index is -0.808. The zero-order chi connectivity index (χ0) is 10.6. The number of hydrogen-bond acceptors (Lipinski definition) is 2. The van der Waals surface area contributed by atoms with Crippen LogP contribution in [0.2, 0.25) is 0 Å². The molecule has 0 aliphatic rings. The van der Waals surface area contributed by atoms with Crippen molar-refractivity contribution >= 4 is 21.9 Å². The smallest absolute Gasteiger partial charge is 0.312 e. The lowest BCUT2D eigenvalue weighted by molar-refractivity contribution is -0.138. The van der Waals surface area contributed by atoms with Gasteiger partial charge in [-0.1, -0.05) is 28.1 Å². The summed E-state index contributed by atoms with van der Waals surface area (Å²) in [5, 5.41) is 11.9. The SMILES string of the molecule is CNCC(C(=O)O)c1cccc(Br)c1. The van der Waals surface area contributed by atoms with Gasteiger partial charge < -0.3 is 10.4 Å². The molecular weight excluding hydrogens is 246 g/mol. The molecule has 1 aromatic rings. The molecule has 0 amide bonds. The van der Waals surface area contributed by atoms with Crippen LogP contribution in [0, 0.1) is 0 Å². The number of halogens is 1. The van der Waals surface area contributed by atoms with Crippen LogP contribution in [-0.4, -0.2) is 24.7 Å². The molecule has 0 radical (unpaired) electrons. The summed E-state index contributed by atoms with van der Waals surface area (Å²) in [6, 6.07) is 7.36. The van der Waals surface area contributed by atoms with E-state index >= 15 is 0 Å². The third kappa shape index (κ3) is 2.82. The van der Waals surface area contributed by atoms with Gasteiger partial charge in [-0.3, -0.25) is 4.79 Å². The molecule has 3 nitrogen and oxygen atoms in total. The van der Waals surface area contributed by atoms with Gasteiger partial charge in [0.2, 0.25) is 0 Å². The summed E-state index contributed by atoms with van der Waals surface area (Å²) in [5.74, 6) is -1.30. The Morgan fingerprint density at radius 3 is 2.86 bits per heavy atom. The van der Waals surface area contributed by atoms with E-state index in [1.807, 2.05) is 24.3 Å². The van der Waals surface area contributed by atoms with Gasteiger partial charge in [0.15, 0.2) is 0 Å². The van der Waals surface area contributed by atoms with Gasteiger partial charge in [-0.15, -0.1) is 0 Å². The highest BCUT2D eigenvalue weighted by molar-refractivity contribution is 9.10. The zero-order valence-electron chi connectivity index (χ0n) is 7.83. The van der Waals surface area contributed by atoms with E-state index in [-0.39, 0.29) is 0 Å². The Labute approximate surface area is 91.3 Å². The Morgan fingerprint density at radius 2 is 2.36 bits per heavy atom. The van der Waals surface area contributed by atoms with E-state index in [2.05, 4.69) is 21.2 Å². The maximum Gasteiger partial charge on any atom is 0.312 e. The molecule has 1 atom stereocenters. The van der Waals surface area contributed by atoms with Crippen LogP contribution < -0.4 is 5.32 Å². The molecule has 0 spiro atoms. The molecule has 0 saturated carbocycles. The lowest BCUT2D eigenvalue weighted by Gasteiger charge is -2.11. The first-order chi connectivity index (χ1) is 6.65. The molecule has 4 heteroatoms. The van der Waals surface area contributed by atoms with Gasteiger partial charge in [-0.2, -0.15) is 0 Å². The number of nitrogens with one attached hydrogen (secondary N) is 1. The first-order valence-corrected chi connectivity index (χ1v) is 5.07. The summed E-state index contributed by atoms with van der Waals surface area (Å²) in [6.07, 6.45) is 0. The van der Waals surface area contributed by atoms with E-state index in [1.54, 1.807) is 7.05 Å². The summed E-state index contributed by atoms with van der Waals surface area (Å²) in [6.45, 7) is 0.436. The van der Waals surface area contributed by atoms with Gasteiger partial charge in [0.1, 0.15) is 0 Å². The van der Waals surface area contributed by atoms with E-state index < -0.39 is 11.9 Å². The highest BCUT2D eigenvalue weighted by atomic mass is 79.9. The van der Waals surface area contributed by atoms with Crippen LogP contribution in [0.25, 0.3) is 0 Å². The number of hydrogen-bond donors (Lipinski definition) is 2. The van der Waals surface area contributed by atoms with Gasteiger partial charge in [0, 0.05) is 11.0 Å². The molecule has 0 aliphatic heterocycles. The van der Waals surface area contributed by atoms with Crippen LogP contribution in [0.1, 0.15) is 11.5 Å². The Morgan fingerprint density at radius 1 is 1.64 bits per heavy atom. The Bertz CT molecular complexity index is 328. The van der Waals surface area contributed by atoms with Crippen molar-refractivity contribution in [3.63, 3.8) is 0 Å². The Hall–Kier alpha value is -0.870. The summed E-state index contributed by atoms with van der Waals surface area (Å²) >= 11 is 3.32. The summed E-state index contributed by atoms with van der Waals surface area (Å²) < 4.78 is 0.900. The van der Waals surface area contributed by atoms with Crippen LogP contribution in [-0.2, 0) is 4.79 Å². The molecular formula is C10H12BrNO2. The third-order valence-corrected chi connectivity index (χ3v) is 2.45. The topological polar surface area (TPSA) is 49.3 Å². The maximum atomic E-state index is 10.9. The number of carbonyl (C=O) groups is 1. The summed E-state index contributed by atoms with van der Waals surface area (Å²) in [4.78, 5) is 10.9.